The van der Waals surface area contributed by atoms with Crippen molar-refractivity contribution in [3.63, 3.8) is 0 Å². The van der Waals surface area contributed by atoms with E-state index in [1.165, 1.54) is 24.0 Å². The van der Waals surface area contributed by atoms with Crippen LogP contribution in [0.4, 0.5) is 4.39 Å². The molecule has 0 saturated carbocycles. The van der Waals surface area contributed by atoms with Gasteiger partial charge in [-0.25, -0.2) is 4.39 Å². The van der Waals surface area contributed by atoms with Crippen molar-refractivity contribution in [2.75, 3.05) is 13.6 Å². The Labute approximate surface area is 185 Å². The summed E-state index contributed by atoms with van der Waals surface area (Å²) in [6.07, 6.45) is -0.829. The smallest absolute Gasteiger partial charge is 0.306 e. The minimum atomic E-state index is -1.01. The average molecular weight is 440 g/mol. The second-order valence-corrected chi connectivity index (χ2v) is 7.87. The van der Waals surface area contributed by atoms with Gasteiger partial charge in [0.1, 0.15) is 5.82 Å². The van der Waals surface area contributed by atoms with Crippen molar-refractivity contribution >= 4 is 23.7 Å². The average Bonchev–Trinajstić information content (AvgIpc) is 2.97. The SMILES string of the molecule is Cc1ccc2c(c1)C(=O)N(CCCC(=O)OC(C)C(=O)N(C)Cc1cccc(F)c1)C2=O. The third kappa shape index (κ3) is 5.19. The molecule has 0 saturated heterocycles. The normalized spacial score (nSPS) is 13.7. The number of aryl methyl sites for hydroxylation is 1. The maximum Gasteiger partial charge on any atom is 0.306 e. The maximum absolute atomic E-state index is 13.3. The highest BCUT2D eigenvalue weighted by atomic mass is 19.1. The standard InChI is InChI=1S/C24H25FN2O5/c1-15-9-10-19-20(12-15)24(31)27(23(19)30)11-5-8-21(28)32-16(2)22(29)26(3)14-17-6-4-7-18(25)13-17/h4,6-7,9-10,12-13,16H,5,8,11,14H2,1-3H3. The van der Waals surface area contributed by atoms with Crippen LogP contribution in [-0.2, 0) is 20.9 Å². The van der Waals surface area contributed by atoms with Gasteiger partial charge in [0.25, 0.3) is 17.7 Å². The first-order valence-electron chi connectivity index (χ1n) is 10.3. The number of carbonyl (C=O) groups is 4. The third-order valence-electron chi connectivity index (χ3n) is 5.23. The van der Waals surface area contributed by atoms with Crippen LogP contribution in [0, 0.1) is 12.7 Å². The summed E-state index contributed by atoms with van der Waals surface area (Å²) in [7, 11) is 1.54. The number of rotatable bonds is 8. The molecule has 1 aliphatic rings. The molecule has 1 unspecified atom stereocenters. The highest BCUT2D eigenvalue weighted by molar-refractivity contribution is 6.21. The number of halogens is 1. The number of ether oxygens (including phenoxy) is 1. The number of nitrogens with zero attached hydrogens (tertiary/aromatic N) is 2. The molecule has 2 aromatic carbocycles. The Kier molecular flexibility index (Phi) is 7.02. The van der Waals surface area contributed by atoms with Gasteiger partial charge < -0.3 is 9.64 Å². The zero-order valence-corrected chi connectivity index (χ0v) is 18.3. The number of amides is 3. The Morgan fingerprint density at radius 2 is 1.81 bits per heavy atom. The fourth-order valence-electron chi connectivity index (χ4n) is 3.59. The molecule has 3 rings (SSSR count). The monoisotopic (exact) mass is 440 g/mol. The Balaban J connectivity index is 1.46. The van der Waals surface area contributed by atoms with E-state index in [1.54, 1.807) is 37.4 Å². The largest absolute Gasteiger partial charge is 0.453 e. The minimum absolute atomic E-state index is 0.0440. The van der Waals surface area contributed by atoms with Crippen LogP contribution in [0.3, 0.4) is 0 Å². The number of likely N-dealkylation sites (N-methyl/N-ethyl adjacent to an activating group) is 1. The topological polar surface area (TPSA) is 84.0 Å². The quantitative estimate of drug-likeness (QED) is 0.465. The number of hydrogen-bond donors (Lipinski definition) is 0. The van der Waals surface area contributed by atoms with E-state index in [-0.39, 0.29) is 37.7 Å². The molecular weight excluding hydrogens is 415 g/mol. The predicted octanol–water partition coefficient (Wildman–Crippen LogP) is 3.10. The first kappa shape index (κ1) is 23.1. The van der Waals surface area contributed by atoms with E-state index in [4.69, 9.17) is 4.74 Å². The zero-order valence-electron chi connectivity index (χ0n) is 18.3. The molecule has 7 nitrogen and oxygen atoms in total. The van der Waals surface area contributed by atoms with Gasteiger partial charge in [0, 0.05) is 26.6 Å². The molecule has 1 heterocycles. The maximum atomic E-state index is 13.3. The lowest BCUT2D eigenvalue weighted by atomic mass is 10.1. The van der Waals surface area contributed by atoms with Crippen LogP contribution in [0.5, 0.6) is 0 Å². The summed E-state index contributed by atoms with van der Waals surface area (Å²) < 4.78 is 18.5. The van der Waals surface area contributed by atoms with Gasteiger partial charge in [-0.15, -0.1) is 0 Å². The molecule has 0 bridgehead atoms. The highest BCUT2D eigenvalue weighted by Gasteiger charge is 2.35. The molecule has 1 atom stereocenters. The first-order valence-corrected chi connectivity index (χ1v) is 10.3. The van der Waals surface area contributed by atoms with Crippen molar-refractivity contribution in [1.82, 2.24) is 9.80 Å². The number of benzene rings is 2. The van der Waals surface area contributed by atoms with Crippen LogP contribution in [-0.4, -0.2) is 53.2 Å². The molecule has 0 aromatic heterocycles. The summed E-state index contributed by atoms with van der Waals surface area (Å²) in [6.45, 7) is 3.57. The lowest BCUT2D eigenvalue weighted by Crippen LogP contribution is -2.37. The van der Waals surface area contributed by atoms with Gasteiger partial charge in [-0.1, -0.05) is 23.8 Å². The van der Waals surface area contributed by atoms with E-state index >= 15 is 0 Å². The van der Waals surface area contributed by atoms with Gasteiger partial charge in [0.2, 0.25) is 0 Å². The summed E-state index contributed by atoms with van der Waals surface area (Å²) in [6, 6.07) is 11.0. The summed E-state index contributed by atoms with van der Waals surface area (Å²) in [5, 5.41) is 0. The summed E-state index contributed by atoms with van der Waals surface area (Å²) >= 11 is 0. The number of carbonyl (C=O) groups excluding carboxylic acids is 4. The van der Waals surface area contributed by atoms with Crippen LogP contribution in [0.2, 0.25) is 0 Å². The molecule has 0 aliphatic carbocycles. The lowest BCUT2D eigenvalue weighted by Gasteiger charge is -2.21. The van der Waals surface area contributed by atoms with Crippen molar-refractivity contribution in [1.29, 1.82) is 0 Å². The molecule has 0 fully saturated rings. The molecule has 168 valence electrons. The third-order valence-corrected chi connectivity index (χ3v) is 5.23. The van der Waals surface area contributed by atoms with Gasteiger partial charge >= 0.3 is 5.97 Å². The second-order valence-electron chi connectivity index (χ2n) is 7.87. The molecule has 0 radical (unpaired) electrons. The van der Waals surface area contributed by atoms with E-state index in [0.717, 1.165) is 10.5 Å². The molecule has 1 aliphatic heterocycles. The highest BCUT2D eigenvalue weighted by Crippen LogP contribution is 2.24. The Morgan fingerprint density at radius 1 is 1.09 bits per heavy atom. The molecule has 2 aromatic rings. The second kappa shape index (κ2) is 9.72. The number of esters is 1. The molecule has 32 heavy (non-hydrogen) atoms. The van der Waals surface area contributed by atoms with E-state index in [0.29, 0.717) is 16.7 Å². The van der Waals surface area contributed by atoms with E-state index < -0.39 is 23.8 Å². The Morgan fingerprint density at radius 3 is 2.53 bits per heavy atom. The Hall–Kier alpha value is -3.55. The summed E-state index contributed by atoms with van der Waals surface area (Å²) in [5.74, 6) is -2.16. The fraction of sp³-hybridized carbons (Fsp3) is 0.333. The van der Waals surface area contributed by atoms with E-state index in [2.05, 4.69) is 0 Å². The van der Waals surface area contributed by atoms with Crippen molar-refractivity contribution in [3.05, 3.63) is 70.5 Å². The molecule has 8 heteroatoms. The van der Waals surface area contributed by atoms with Gasteiger partial charge in [-0.3, -0.25) is 24.1 Å². The van der Waals surface area contributed by atoms with E-state index in [1.807, 2.05) is 6.92 Å². The van der Waals surface area contributed by atoms with Gasteiger partial charge in [0.15, 0.2) is 6.10 Å². The molecule has 0 spiro atoms. The van der Waals surface area contributed by atoms with Crippen molar-refractivity contribution in [2.24, 2.45) is 0 Å². The van der Waals surface area contributed by atoms with Crippen LogP contribution in [0.25, 0.3) is 0 Å². The van der Waals surface area contributed by atoms with Crippen LogP contribution in [0.1, 0.15) is 51.6 Å². The predicted molar refractivity (Wildman–Crippen MR) is 114 cm³/mol. The fourth-order valence-corrected chi connectivity index (χ4v) is 3.59. The van der Waals surface area contributed by atoms with Crippen molar-refractivity contribution in [2.45, 2.75) is 39.3 Å². The Bertz CT molecular complexity index is 1070. The number of imide groups is 1. The van der Waals surface area contributed by atoms with Crippen molar-refractivity contribution < 1.29 is 28.3 Å². The lowest BCUT2D eigenvalue weighted by molar-refractivity contribution is -0.158. The van der Waals surface area contributed by atoms with Crippen LogP contribution < -0.4 is 0 Å². The van der Waals surface area contributed by atoms with Gasteiger partial charge in [-0.2, -0.15) is 0 Å². The molecule has 3 amide bonds. The molecular formula is C24H25FN2O5. The van der Waals surface area contributed by atoms with Crippen LogP contribution in [0.15, 0.2) is 42.5 Å². The van der Waals surface area contributed by atoms with Crippen molar-refractivity contribution in [3.8, 4) is 0 Å². The first-order chi connectivity index (χ1) is 15.2. The van der Waals surface area contributed by atoms with Crippen LogP contribution >= 0.6 is 0 Å². The summed E-state index contributed by atoms with van der Waals surface area (Å²) in [5.41, 5.74) is 2.24. The minimum Gasteiger partial charge on any atom is -0.453 e. The van der Waals surface area contributed by atoms with Gasteiger partial charge in [-0.05, 0) is 50.1 Å². The van der Waals surface area contributed by atoms with E-state index in [9.17, 15) is 23.6 Å². The molecule has 0 N–H and O–H groups in total. The van der Waals surface area contributed by atoms with Gasteiger partial charge in [0.05, 0.1) is 11.1 Å². The number of hydrogen-bond acceptors (Lipinski definition) is 5. The summed E-state index contributed by atoms with van der Waals surface area (Å²) in [4.78, 5) is 52.0. The number of fused-ring (bicyclic) bond motifs is 1. The zero-order chi connectivity index (χ0) is 23.4.